The number of carboxylic acid groups (broad SMARTS) is 1. The summed E-state index contributed by atoms with van der Waals surface area (Å²) in [6, 6.07) is 0. The standard InChI is InChI=1S/C16H28O3/c1-11(2)12-7-9-16(10-8-12,15(18)19)13-5-3-4-6-14(13)17/h11-14,17H,3-10H2,1-2H3,(H,18,19). The Labute approximate surface area is 116 Å². The fraction of sp³-hybridized carbons (Fsp3) is 0.938. The van der Waals surface area contributed by atoms with Gasteiger partial charge in [0.2, 0.25) is 0 Å². The summed E-state index contributed by atoms with van der Waals surface area (Å²) in [6.45, 7) is 4.46. The van der Waals surface area contributed by atoms with Crippen molar-refractivity contribution in [3.8, 4) is 0 Å². The Hall–Kier alpha value is -0.570. The Kier molecular flexibility index (Phi) is 4.54. The molecule has 2 rings (SSSR count). The zero-order valence-corrected chi connectivity index (χ0v) is 12.3. The van der Waals surface area contributed by atoms with Gasteiger partial charge in [-0.3, -0.25) is 4.79 Å². The molecule has 2 fully saturated rings. The quantitative estimate of drug-likeness (QED) is 0.824. The van der Waals surface area contributed by atoms with Crippen LogP contribution >= 0.6 is 0 Å². The maximum atomic E-state index is 11.9. The molecule has 2 unspecified atom stereocenters. The predicted molar refractivity (Wildman–Crippen MR) is 74.8 cm³/mol. The van der Waals surface area contributed by atoms with Gasteiger partial charge in [0.05, 0.1) is 11.5 Å². The Morgan fingerprint density at radius 2 is 1.68 bits per heavy atom. The van der Waals surface area contributed by atoms with Crippen molar-refractivity contribution in [2.75, 3.05) is 0 Å². The lowest BCUT2D eigenvalue weighted by molar-refractivity contribution is -0.163. The molecule has 2 saturated carbocycles. The summed E-state index contributed by atoms with van der Waals surface area (Å²) in [4.78, 5) is 11.9. The Balaban J connectivity index is 2.13. The summed E-state index contributed by atoms with van der Waals surface area (Å²) in [5.41, 5.74) is -0.648. The van der Waals surface area contributed by atoms with E-state index in [9.17, 15) is 15.0 Å². The molecule has 2 atom stereocenters. The minimum atomic E-state index is -0.666. The van der Waals surface area contributed by atoms with E-state index < -0.39 is 17.5 Å². The van der Waals surface area contributed by atoms with Crippen LogP contribution in [0.3, 0.4) is 0 Å². The molecule has 19 heavy (non-hydrogen) atoms. The van der Waals surface area contributed by atoms with Crippen molar-refractivity contribution in [2.45, 2.75) is 71.3 Å². The third-order valence-electron chi connectivity index (χ3n) is 5.73. The molecule has 0 spiro atoms. The maximum Gasteiger partial charge on any atom is 0.310 e. The van der Waals surface area contributed by atoms with Gasteiger partial charge in [0, 0.05) is 5.92 Å². The number of carboxylic acids is 1. The summed E-state index contributed by atoms with van der Waals surface area (Å²) < 4.78 is 0. The topological polar surface area (TPSA) is 57.5 Å². The highest BCUT2D eigenvalue weighted by Gasteiger charge is 2.50. The maximum absolute atomic E-state index is 11.9. The van der Waals surface area contributed by atoms with Gasteiger partial charge in [-0.2, -0.15) is 0 Å². The molecule has 3 nitrogen and oxygen atoms in total. The van der Waals surface area contributed by atoms with Crippen LogP contribution in [0.5, 0.6) is 0 Å². The second kappa shape index (κ2) is 5.82. The summed E-state index contributed by atoms with van der Waals surface area (Å²) in [6.07, 6.45) is 6.92. The fourth-order valence-corrected chi connectivity index (χ4v) is 4.32. The van der Waals surface area contributed by atoms with E-state index in [1.165, 1.54) is 0 Å². The number of rotatable bonds is 3. The van der Waals surface area contributed by atoms with Crippen LogP contribution in [0, 0.1) is 23.2 Å². The molecule has 0 aromatic heterocycles. The highest BCUT2D eigenvalue weighted by molar-refractivity contribution is 5.75. The van der Waals surface area contributed by atoms with Gasteiger partial charge in [0.1, 0.15) is 0 Å². The normalized spacial score (nSPS) is 40.3. The number of hydrogen-bond acceptors (Lipinski definition) is 2. The molecule has 110 valence electrons. The second-order valence-electron chi connectivity index (χ2n) is 7.00. The first kappa shape index (κ1) is 14.8. The fourth-order valence-electron chi connectivity index (χ4n) is 4.32. The lowest BCUT2D eigenvalue weighted by atomic mass is 9.58. The van der Waals surface area contributed by atoms with Crippen molar-refractivity contribution in [1.82, 2.24) is 0 Å². The van der Waals surface area contributed by atoms with Crippen LogP contribution in [-0.2, 0) is 4.79 Å². The van der Waals surface area contributed by atoms with Gasteiger partial charge in [-0.25, -0.2) is 0 Å². The minimum Gasteiger partial charge on any atom is -0.481 e. The van der Waals surface area contributed by atoms with Crippen LogP contribution in [0.25, 0.3) is 0 Å². The van der Waals surface area contributed by atoms with Crippen LogP contribution in [0.4, 0.5) is 0 Å². The molecule has 0 aliphatic heterocycles. The third kappa shape index (κ3) is 2.81. The molecule has 0 saturated heterocycles. The molecule has 2 aliphatic carbocycles. The lowest BCUT2D eigenvalue weighted by Gasteiger charge is -2.46. The average Bonchev–Trinajstić information content (AvgIpc) is 2.39. The monoisotopic (exact) mass is 268 g/mol. The first-order valence-electron chi connectivity index (χ1n) is 7.89. The van der Waals surface area contributed by atoms with Crippen LogP contribution < -0.4 is 0 Å². The van der Waals surface area contributed by atoms with Crippen molar-refractivity contribution >= 4 is 5.97 Å². The molecule has 0 heterocycles. The van der Waals surface area contributed by atoms with Crippen molar-refractivity contribution in [3.63, 3.8) is 0 Å². The van der Waals surface area contributed by atoms with E-state index in [1.807, 2.05) is 0 Å². The lowest BCUT2D eigenvalue weighted by Crippen LogP contribution is -2.48. The smallest absolute Gasteiger partial charge is 0.310 e. The Morgan fingerprint density at radius 1 is 1.11 bits per heavy atom. The highest BCUT2D eigenvalue weighted by Crippen LogP contribution is 2.50. The molecule has 0 bridgehead atoms. The van der Waals surface area contributed by atoms with Crippen LogP contribution in [-0.4, -0.2) is 22.3 Å². The number of aliphatic hydroxyl groups excluding tert-OH is 1. The van der Waals surface area contributed by atoms with Gasteiger partial charge < -0.3 is 10.2 Å². The molecule has 0 aromatic carbocycles. The van der Waals surface area contributed by atoms with Crippen molar-refractivity contribution in [1.29, 1.82) is 0 Å². The van der Waals surface area contributed by atoms with Gasteiger partial charge in [-0.05, 0) is 50.4 Å². The SMILES string of the molecule is CC(C)C1CCC(C(=O)O)(C2CCCCC2O)CC1. The van der Waals surface area contributed by atoms with Crippen molar-refractivity contribution < 1.29 is 15.0 Å². The van der Waals surface area contributed by atoms with E-state index in [2.05, 4.69) is 13.8 Å². The van der Waals surface area contributed by atoms with E-state index in [0.29, 0.717) is 11.8 Å². The molecule has 2 aliphatic rings. The summed E-state index contributed by atoms with van der Waals surface area (Å²) in [5, 5.41) is 20.0. The highest BCUT2D eigenvalue weighted by atomic mass is 16.4. The molecule has 3 heteroatoms. The molecular weight excluding hydrogens is 240 g/mol. The van der Waals surface area contributed by atoms with Gasteiger partial charge in [0.25, 0.3) is 0 Å². The van der Waals surface area contributed by atoms with Gasteiger partial charge in [-0.1, -0.05) is 26.7 Å². The Bertz CT molecular complexity index is 316. The third-order valence-corrected chi connectivity index (χ3v) is 5.73. The van der Waals surface area contributed by atoms with E-state index in [4.69, 9.17) is 0 Å². The number of aliphatic carboxylic acids is 1. The zero-order chi connectivity index (χ0) is 14.0. The predicted octanol–water partition coefficient (Wildman–Crippen LogP) is 3.45. The van der Waals surface area contributed by atoms with E-state index >= 15 is 0 Å². The number of aliphatic hydroxyl groups is 1. The largest absolute Gasteiger partial charge is 0.481 e. The summed E-state index contributed by atoms with van der Waals surface area (Å²) in [7, 11) is 0. The second-order valence-corrected chi connectivity index (χ2v) is 7.00. The Morgan fingerprint density at radius 3 is 2.16 bits per heavy atom. The average molecular weight is 268 g/mol. The van der Waals surface area contributed by atoms with Gasteiger partial charge in [-0.15, -0.1) is 0 Å². The van der Waals surface area contributed by atoms with E-state index in [0.717, 1.165) is 51.4 Å². The van der Waals surface area contributed by atoms with Crippen molar-refractivity contribution in [2.24, 2.45) is 23.2 Å². The summed E-state index contributed by atoms with van der Waals surface area (Å²) >= 11 is 0. The number of hydrogen-bond donors (Lipinski definition) is 2. The molecule has 0 aromatic rings. The van der Waals surface area contributed by atoms with Crippen LogP contribution in [0.15, 0.2) is 0 Å². The van der Waals surface area contributed by atoms with Gasteiger partial charge in [0.15, 0.2) is 0 Å². The first-order valence-corrected chi connectivity index (χ1v) is 7.89. The van der Waals surface area contributed by atoms with Crippen LogP contribution in [0.2, 0.25) is 0 Å². The van der Waals surface area contributed by atoms with Crippen molar-refractivity contribution in [3.05, 3.63) is 0 Å². The molecule has 0 amide bonds. The first-order chi connectivity index (χ1) is 8.97. The van der Waals surface area contributed by atoms with Crippen LogP contribution in [0.1, 0.15) is 65.2 Å². The van der Waals surface area contributed by atoms with E-state index in [1.54, 1.807) is 0 Å². The van der Waals surface area contributed by atoms with Gasteiger partial charge >= 0.3 is 5.97 Å². The summed E-state index contributed by atoms with van der Waals surface area (Å²) in [5.74, 6) is 0.615. The molecular formula is C16H28O3. The zero-order valence-electron chi connectivity index (χ0n) is 12.3. The number of carbonyl (C=O) groups is 1. The minimum absolute atomic E-state index is 0.0214. The molecule has 2 N–H and O–H groups in total. The molecule has 0 radical (unpaired) electrons. The van der Waals surface area contributed by atoms with E-state index in [-0.39, 0.29) is 5.92 Å².